The molecular weight excluding hydrogens is 276 g/mol. The topological polar surface area (TPSA) is 79.5 Å². The van der Waals surface area contributed by atoms with Gasteiger partial charge in [-0.05, 0) is 38.4 Å². The Labute approximate surface area is 119 Å². The second-order valence-corrected chi connectivity index (χ2v) is 7.46. The molecule has 2 fully saturated rings. The Balaban J connectivity index is 1.93. The molecule has 7 heteroatoms. The maximum atomic E-state index is 12.8. The van der Waals surface area contributed by atoms with E-state index in [9.17, 15) is 8.42 Å². The summed E-state index contributed by atoms with van der Waals surface area (Å²) in [4.78, 5) is 6.41. The summed E-state index contributed by atoms with van der Waals surface area (Å²) in [6.07, 6.45) is 3.73. The van der Waals surface area contributed by atoms with Gasteiger partial charge in [0.25, 0.3) is 0 Å². The van der Waals surface area contributed by atoms with Crippen LogP contribution in [0, 0.1) is 0 Å². The van der Waals surface area contributed by atoms with E-state index >= 15 is 0 Å². The molecule has 1 aromatic heterocycles. The van der Waals surface area contributed by atoms with Gasteiger partial charge in [-0.1, -0.05) is 0 Å². The number of rotatable bonds is 2. The van der Waals surface area contributed by atoms with Gasteiger partial charge >= 0.3 is 0 Å². The minimum atomic E-state index is -3.56. The van der Waals surface area contributed by atoms with Crippen molar-refractivity contribution in [3.8, 4) is 0 Å². The number of hydrogen-bond donors (Lipinski definition) is 1. The Kier molecular flexibility index (Phi) is 3.43. The first-order valence-corrected chi connectivity index (χ1v) is 8.40. The third-order valence-electron chi connectivity index (χ3n) is 4.27. The van der Waals surface area contributed by atoms with Crippen LogP contribution in [0.1, 0.15) is 19.8 Å². The number of fused-ring (bicyclic) bond motifs is 1. The van der Waals surface area contributed by atoms with E-state index in [4.69, 9.17) is 5.73 Å². The van der Waals surface area contributed by atoms with Crippen molar-refractivity contribution in [2.45, 2.75) is 36.7 Å². The minimum Gasteiger partial charge on any atom is -0.383 e. The number of hydrogen-bond acceptors (Lipinski definition) is 5. The van der Waals surface area contributed by atoms with Gasteiger partial charge in [0.15, 0.2) is 0 Å². The van der Waals surface area contributed by atoms with Crippen molar-refractivity contribution in [3.05, 3.63) is 18.3 Å². The van der Waals surface area contributed by atoms with Crippen molar-refractivity contribution >= 4 is 15.8 Å². The Bertz CT molecular complexity index is 604. The molecule has 2 aliphatic rings. The summed E-state index contributed by atoms with van der Waals surface area (Å²) in [7, 11) is -3.56. The van der Waals surface area contributed by atoms with Gasteiger partial charge in [-0.3, -0.25) is 4.90 Å². The first-order chi connectivity index (χ1) is 9.50. The van der Waals surface area contributed by atoms with Gasteiger partial charge in [-0.2, -0.15) is 4.31 Å². The zero-order valence-corrected chi connectivity index (χ0v) is 12.4. The van der Waals surface area contributed by atoms with Crippen molar-refractivity contribution in [3.63, 3.8) is 0 Å². The van der Waals surface area contributed by atoms with E-state index in [-0.39, 0.29) is 16.8 Å². The molecule has 20 heavy (non-hydrogen) atoms. The molecule has 0 radical (unpaired) electrons. The van der Waals surface area contributed by atoms with Crippen LogP contribution in [0.25, 0.3) is 0 Å². The Morgan fingerprint density at radius 3 is 2.95 bits per heavy atom. The van der Waals surface area contributed by atoms with E-state index in [0.717, 1.165) is 25.9 Å². The summed E-state index contributed by atoms with van der Waals surface area (Å²) < 4.78 is 27.2. The van der Waals surface area contributed by atoms with Crippen molar-refractivity contribution in [1.29, 1.82) is 0 Å². The SMILES string of the molecule is CC1CN2CCCC2CN1S(=O)(=O)c1cccnc1N. The first kappa shape index (κ1) is 13.8. The fraction of sp³-hybridized carbons (Fsp3) is 0.615. The quantitative estimate of drug-likeness (QED) is 0.861. The van der Waals surface area contributed by atoms with E-state index in [1.165, 1.54) is 12.3 Å². The maximum Gasteiger partial charge on any atom is 0.247 e. The second-order valence-electron chi connectivity index (χ2n) is 5.60. The van der Waals surface area contributed by atoms with Crippen LogP contribution in [0.3, 0.4) is 0 Å². The highest BCUT2D eigenvalue weighted by molar-refractivity contribution is 7.89. The van der Waals surface area contributed by atoms with E-state index in [2.05, 4.69) is 9.88 Å². The third kappa shape index (κ3) is 2.19. The molecule has 0 aliphatic carbocycles. The average Bonchev–Trinajstić information content (AvgIpc) is 2.85. The smallest absolute Gasteiger partial charge is 0.247 e. The second kappa shape index (κ2) is 4.98. The zero-order valence-electron chi connectivity index (χ0n) is 11.6. The number of anilines is 1. The van der Waals surface area contributed by atoms with Crippen molar-refractivity contribution in [2.75, 3.05) is 25.4 Å². The Morgan fingerprint density at radius 1 is 1.40 bits per heavy atom. The van der Waals surface area contributed by atoms with Crippen LogP contribution in [0.15, 0.2) is 23.2 Å². The van der Waals surface area contributed by atoms with Crippen LogP contribution < -0.4 is 5.73 Å². The lowest BCUT2D eigenvalue weighted by atomic mass is 10.1. The number of piperazine rings is 1. The summed E-state index contributed by atoms with van der Waals surface area (Å²) in [6.45, 7) is 4.39. The minimum absolute atomic E-state index is 0.0334. The highest BCUT2D eigenvalue weighted by Crippen LogP contribution is 2.30. The number of pyridine rings is 1. The molecule has 0 amide bonds. The molecule has 2 unspecified atom stereocenters. The van der Waals surface area contributed by atoms with E-state index in [1.54, 1.807) is 10.4 Å². The van der Waals surface area contributed by atoms with Crippen LogP contribution in [-0.4, -0.2) is 54.3 Å². The van der Waals surface area contributed by atoms with Crippen LogP contribution >= 0.6 is 0 Å². The van der Waals surface area contributed by atoms with Crippen LogP contribution in [0.4, 0.5) is 5.82 Å². The molecule has 2 atom stereocenters. The lowest BCUT2D eigenvalue weighted by molar-refractivity contribution is 0.117. The Hall–Kier alpha value is -1.18. The molecule has 0 saturated carbocycles. The van der Waals surface area contributed by atoms with Crippen LogP contribution in [0.5, 0.6) is 0 Å². The summed E-state index contributed by atoms with van der Waals surface area (Å²) in [5.74, 6) is 0.0774. The van der Waals surface area contributed by atoms with Gasteiger partial charge in [0.1, 0.15) is 10.7 Å². The maximum absolute atomic E-state index is 12.8. The van der Waals surface area contributed by atoms with Gasteiger partial charge in [0.05, 0.1) is 0 Å². The third-order valence-corrected chi connectivity index (χ3v) is 6.29. The van der Waals surface area contributed by atoms with Crippen LogP contribution in [-0.2, 0) is 10.0 Å². The fourth-order valence-corrected chi connectivity index (χ4v) is 4.97. The van der Waals surface area contributed by atoms with Crippen LogP contribution in [0.2, 0.25) is 0 Å². The summed E-state index contributed by atoms with van der Waals surface area (Å²) >= 11 is 0. The van der Waals surface area contributed by atoms with Gasteiger partial charge in [0, 0.05) is 31.4 Å². The van der Waals surface area contributed by atoms with Gasteiger partial charge in [0.2, 0.25) is 10.0 Å². The van der Waals surface area contributed by atoms with E-state index in [1.807, 2.05) is 6.92 Å². The highest BCUT2D eigenvalue weighted by atomic mass is 32.2. The predicted octanol–water partition coefficient (Wildman–Crippen LogP) is 0.521. The molecular formula is C13H20N4O2S. The van der Waals surface area contributed by atoms with Crippen molar-refractivity contribution in [2.24, 2.45) is 0 Å². The largest absolute Gasteiger partial charge is 0.383 e. The predicted molar refractivity (Wildman–Crippen MR) is 76.6 cm³/mol. The molecule has 3 rings (SSSR count). The summed E-state index contributed by atoms with van der Waals surface area (Å²) in [5.41, 5.74) is 5.74. The molecule has 6 nitrogen and oxygen atoms in total. The average molecular weight is 296 g/mol. The fourth-order valence-electron chi connectivity index (χ4n) is 3.24. The molecule has 3 heterocycles. The molecule has 2 saturated heterocycles. The molecule has 2 N–H and O–H groups in total. The first-order valence-electron chi connectivity index (χ1n) is 6.96. The van der Waals surface area contributed by atoms with E-state index in [0.29, 0.717) is 12.6 Å². The lowest BCUT2D eigenvalue weighted by Gasteiger charge is -2.41. The van der Waals surface area contributed by atoms with Gasteiger partial charge in [-0.15, -0.1) is 0 Å². The normalized spacial score (nSPS) is 28.4. The lowest BCUT2D eigenvalue weighted by Crippen LogP contribution is -2.56. The standard InChI is InChI=1S/C13H20N4O2S/c1-10-8-16-7-3-4-11(16)9-17(10)20(18,19)12-5-2-6-15-13(12)14/h2,5-6,10-11H,3-4,7-9H2,1H3,(H2,14,15). The monoisotopic (exact) mass is 296 g/mol. The van der Waals surface area contributed by atoms with Gasteiger partial charge < -0.3 is 5.73 Å². The number of aromatic nitrogens is 1. The van der Waals surface area contributed by atoms with Gasteiger partial charge in [-0.25, -0.2) is 13.4 Å². The number of nitrogens with two attached hydrogens (primary N) is 1. The molecule has 0 bridgehead atoms. The van der Waals surface area contributed by atoms with Crippen molar-refractivity contribution < 1.29 is 8.42 Å². The molecule has 1 aromatic rings. The number of nitrogen functional groups attached to an aromatic ring is 1. The molecule has 110 valence electrons. The molecule has 0 spiro atoms. The highest BCUT2D eigenvalue weighted by Gasteiger charge is 2.40. The summed E-state index contributed by atoms with van der Waals surface area (Å²) in [5, 5.41) is 0. The van der Waals surface area contributed by atoms with Crippen molar-refractivity contribution in [1.82, 2.24) is 14.2 Å². The Morgan fingerprint density at radius 2 is 2.20 bits per heavy atom. The number of sulfonamides is 1. The molecule has 0 aromatic carbocycles. The zero-order chi connectivity index (χ0) is 14.3. The molecule has 2 aliphatic heterocycles. The number of nitrogens with zero attached hydrogens (tertiary/aromatic N) is 3. The van der Waals surface area contributed by atoms with E-state index < -0.39 is 10.0 Å². The summed E-state index contributed by atoms with van der Waals surface area (Å²) in [6, 6.07) is 3.46.